The molecule has 1 heterocycles. The summed E-state index contributed by atoms with van der Waals surface area (Å²) < 4.78 is 30.0. The van der Waals surface area contributed by atoms with E-state index in [0.717, 1.165) is 54.4 Å². The number of pyridine rings is 1. The van der Waals surface area contributed by atoms with Crippen LogP contribution in [0.4, 0.5) is 0 Å². The number of hydrogen-bond acceptors (Lipinski definition) is 3. The number of rotatable bonds is 15. The van der Waals surface area contributed by atoms with Crippen molar-refractivity contribution in [2.24, 2.45) is 0 Å². The van der Waals surface area contributed by atoms with E-state index in [1.54, 1.807) is 13.1 Å². The maximum Gasteiger partial charge on any atom is 0.179 e. The molecule has 0 fully saturated rings. The number of aromatic nitrogens is 1. The summed E-state index contributed by atoms with van der Waals surface area (Å²) >= 11 is 6.21. The Balaban J connectivity index is 1.43. The van der Waals surface area contributed by atoms with E-state index in [9.17, 15) is 8.42 Å². The molecule has 0 N–H and O–H groups in total. The molecular weight excluding hydrogens is 603 g/mol. The fraction of sp³-hybridized carbons (Fsp3) is 0.293. The van der Waals surface area contributed by atoms with Gasteiger partial charge in [0.2, 0.25) is 0 Å². The maximum atomic E-state index is 13.7. The molecule has 5 rings (SSSR count). The van der Waals surface area contributed by atoms with Crippen molar-refractivity contribution >= 4 is 28.3 Å². The van der Waals surface area contributed by atoms with Gasteiger partial charge in [-0.3, -0.25) is 0 Å². The van der Waals surface area contributed by atoms with Crippen LogP contribution in [0.1, 0.15) is 68.6 Å². The molecule has 0 atom stereocenters. The van der Waals surface area contributed by atoms with Crippen molar-refractivity contribution in [1.82, 2.24) is 4.57 Å². The Kier molecular flexibility index (Phi) is 11.8. The summed E-state index contributed by atoms with van der Waals surface area (Å²) in [6.07, 6.45) is 22.7. The third kappa shape index (κ3) is 8.31. The Morgan fingerprint density at radius 1 is 0.783 bits per heavy atom. The molecule has 0 aliphatic heterocycles. The molecule has 0 saturated carbocycles. The second kappa shape index (κ2) is 16.2. The fourth-order valence-corrected chi connectivity index (χ4v) is 8.07. The van der Waals surface area contributed by atoms with Crippen molar-refractivity contribution in [1.29, 1.82) is 0 Å². The molecule has 1 aromatic heterocycles. The third-order valence-corrected chi connectivity index (χ3v) is 11.2. The van der Waals surface area contributed by atoms with Crippen molar-refractivity contribution in [3.8, 4) is 22.3 Å². The van der Waals surface area contributed by atoms with Crippen LogP contribution in [0.5, 0.6) is 0 Å². The van der Waals surface area contributed by atoms with Gasteiger partial charge in [-0.1, -0.05) is 142 Å². The molecule has 1 aliphatic rings. The van der Waals surface area contributed by atoms with Gasteiger partial charge in [0.25, 0.3) is 0 Å². The zero-order chi connectivity index (χ0) is 32.4. The van der Waals surface area contributed by atoms with Gasteiger partial charge in [-0.25, -0.2) is 8.42 Å². The van der Waals surface area contributed by atoms with E-state index in [1.165, 1.54) is 42.4 Å². The summed E-state index contributed by atoms with van der Waals surface area (Å²) in [7, 11) is -3.54. The molecule has 3 aromatic carbocycles. The molecule has 0 bridgehead atoms. The Labute approximate surface area is 281 Å². The molecule has 238 valence electrons. The lowest BCUT2D eigenvalue weighted by Gasteiger charge is -2.19. The Morgan fingerprint density at radius 2 is 1.43 bits per heavy atom. The molecule has 4 aromatic rings. The van der Waals surface area contributed by atoms with Crippen LogP contribution < -0.4 is 0 Å². The van der Waals surface area contributed by atoms with Crippen LogP contribution in [0.25, 0.3) is 28.5 Å². The van der Waals surface area contributed by atoms with E-state index in [2.05, 4.69) is 79.4 Å². The highest BCUT2D eigenvalue weighted by molar-refractivity contribution is 7.91. The Morgan fingerprint density at radius 3 is 2.15 bits per heavy atom. The topological polar surface area (TPSA) is 39.1 Å². The van der Waals surface area contributed by atoms with Crippen LogP contribution in [0.2, 0.25) is 0 Å². The van der Waals surface area contributed by atoms with E-state index in [4.69, 9.17) is 12.2 Å². The fourth-order valence-electron chi connectivity index (χ4n) is 6.40. The van der Waals surface area contributed by atoms with Gasteiger partial charge in [0.1, 0.15) is 0 Å². The summed E-state index contributed by atoms with van der Waals surface area (Å²) in [5.74, 6) is 0.0267. The summed E-state index contributed by atoms with van der Waals surface area (Å²) in [4.78, 5) is 0.396. The van der Waals surface area contributed by atoms with Gasteiger partial charge in [0.05, 0.1) is 15.2 Å². The second-order valence-electron chi connectivity index (χ2n) is 12.1. The summed E-state index contributed by atoms with van der Waals surface area (Å²) in [5.41, 5.74) is 8.19. The first-order valence-corrected chi connectivity index (χ1v) is 18.7. The average Bonchev–Trinajstić information content (AvgIpc) is 3.09. The molecule has 1 aliphatic carbocycles. The van der Waals surface area contributed by atoms with E-state index in [0.29, 0.717) is 21.4 Å². The first-order valence-electron chi connectivity index (χ1n) is 16.6. The van der Waals surface area contributed by atoms with Crippen molar-refractivity contribution in [3.63, 3.8) is 0 Å². The maximum absolute atomic E-state index is 13.7. The Hall–Kier alpha value is -3.80. The first kappa shape index (κ1) is 33.6. The standard InChI is InChI=1S/C41H45NO2S2/c1-3-42-30-38(36-27-17-16-25-34(36)24-15-7-5-6-10-19-32-20-11-8-12-21-32)40(45)39(31-42)37-28-18-26-35(41(37)46(43,44)4-2)29-33-22-13-9-14-23-33/h3,8-9,11-13,16-18,20-22,25-28,30-31H,1,4-7,10,14-15,19,23-24,29H2,2H3. The average molecular weight is 648 g/mol. The zero-order valence-electron chi connectivity index (χ0n) is 27.0. The summed E-state index contributed by atoms with van der Waals surface area (Å²) in [6, 6.07) is 25.0. The van der Waals surface area contributed by atoms with Crippen LogP contribution in [0, 0.1) is 4.51 Å². The van der Waals surface area contributed by atoms with Gasteiger partial charge in [-0.05, 0) is 67.2 Å². The van der Waals surface area contributed by atoms with Crippen LogP contribution in [0.3, 0.4) is 0 Å². The van der Waals surface area contributed by atoms with Gasteiger partial charge >= 0.3 is 0 Å². The molecule has 46 heavy (non-hydrogen) atoms. The molecule has 3 nitrogen and oxygen atoms in total. The third-order valence-electron chi connectivity index (χ3n) is 8.91. The number of nitrogens with zero attached hydrogens (tertiary/aromatic N) is 1. The van der Waals surface area contributed by atoms with Crippen LogP contribution >= 0.6 is 12.2 Å². The first-order chi connectivity index (χ1) is 22.4. The number of unbranched alkanes of at least 4 members (excludes halogenated alkanes) is 4. The number of sulfone groups is 1. The largest absolute Gasteiger partial charge is 0.330 e. The molecule has 0 unspecified atom stereocenters. The summed E-state index contributed by atoms with van der Waals surface area (Å²) in [6.45, 7) is 5.75. The molecule has 0 spiro atoms. The summed E-state index contributed by atoms with van der Waals surface area (Å²) in [5, 5.41) is 0. The number of hydrogen-bond donors (Lipinski definition) is 0. The van der Waals surface area contributed by atoms with Gasteiger partial charge in [-0.2, -0.15) is 0 Å². The van der Waals surface area contributed by atoms with Crippen LogP contribution in [-0.4, -0.2) is 18.7 Å². The van der Waals surface area contributed by atoms with Gasteiger partial charge < -0.3 is 4.57 Å². The van der Waals surface area contributed by atoms with Gasteiger partial charge in [0.15, 0.2) is 9.84 Å². The number of benzene rings is 3. The van der Waals surface area contributed by atoms with E-state index < -0.39 is 9.84 Å². The number of allylic oxidation sites excluding steroid dienone is 4. The van der Waals surface area contributed by atoms with Crippen molar-refractivity contribution in [3.05, 3.63) is 137 Å². The molecular formula is C41H45NO2S2. The SMILES string of the molecule is C=Cn1cc(-c2ccccc2CCCCCCCc2ccccc2)c(=S)c(-c2cccc(CC3=CC=CCC3)c2S(=O)(=O)CC)c1. The predicted molar refractivity (Wildman–Crippen MR) is 197 cm³/mol. The second-order valence-corrected chi connectivity index (χ2v) is 14.7. The Bertz CT molecular complexity index is 1880. The highest BCUT2D eigenvalue weighted by Crippen LogP contribution is 2.37. The highest BCUT2D eigenvalue weighted by atomic mass is 32.2. The number of aryl methyl sites for hydroxylation is 2. The quantitative estimate of drug-likeness (QED) is 0.0952. The minimum absolute atomic E-state index is 0.0267. The van der Waals surface area contributed by atoms with Crippen molar-refractivity contribution < 1.29 is 8.42 Å². The van der Waals surface area contributed by atoms with Crippen LogP contribution in [0.15, 0.2) is 120 Å². The van der Waals surface area contributed by atoms with Crippen LogP contribution in [-0.2, 0) is 29.1 Å². The lowest BCUT2D eigenvalue weighted by Crippen LogP contribution is -2.11. The van der Waals surface area contributed by atoms with Gasteiger partial charge in [0, 0.05) is 35.3 Å². The van der Waals surface area contributed by atoms with E-state index in [1.807, 2.05) is 35.2 Å². The van der Waals surface area contributed by atoms with E-state index in [-0.39, 0.29) is 5.75 Å². The zero-order valence-corrected chi connectivity index (χ0v) is 28.6. The van der Waals surface area contributed by atoms with E-state index >= 15 is 0 Å². The minimum Gasteiger partial charge on any atom is -0.330 e. The molecule has 5 heteroatoms. The molecule has 0 radical (unpaired) electrons. The van der Waals surface area contributed by atoms with Crippen molar-refractivity contribution in [2.45, 2.75) is 76.0 Å². The highest BCUT2D eigenvalue weighted by Gasteiger charge is 2.24. The lowest BCUT2D eigenvalue weighted by molar-refractivity contribution is 0.596. The normalized spacial score (nSPS) is 13.0. The molecule has 0 amide bonds. The minimum atomic E-state index is -3.54. The van der Waals surface area contributed by atoms with Crippen molar-refractivity contribution in [2.75, 3.05) is 5.75 Å². The lowest BCUT2D eigenvalue weighted by atomic mass is 9.93. The van der Waals surface area contributed by atoms with Gasteiger partial charge in [-0.15, -0.1) is 0 Å². The predicted octanol–water partition coefficient (Wildman–Crippen LogP) is 11.0. The monoisotopic (exact) mass is 647 g/mol. The molecule has 0 saturated heterocycles. The smallest absolute Gasteiger partial charge is 0.179 e.